The molecule has 1 heterocycles. The summed E-state index contributed by atoms with van der Waals surface area (Å²) in [6, 6.07) is 3.67. The van der Waals surface area contributed by atoms with Crippen molar-refractivity contribution >= 4 is 17.3 Å². The molecule has 11 heteroatoms. The molecule has 2 aromatic carbocycles. The average molecular weight is 526 g/mol. The van der Waals surface area contributed by atoms with Crippen molar-refractivity contribution in [1.29, 1.82) is 0 Å². The van der Waals surface area contributed by atoms with E-state index in [1.807, 2.05) is 0 Å². The molecule has 2 radical (unpaired) electrons. The monoisotopic (exact) mass is 525 g/mol. The summed E-state index contributed by atoms with van der Waals surface area (Å²) in [4.78, 5) is 39.3. The lowest BCUT2D eigenvalue weighted by Crippen LogP contribution is -2.52. The van der Waals surface area contributed by atoms with Gasteiger partial charge in [0, 0.05) is 48.9 Å². The van der Waals surface area contributed by atoms with Crippen LogP contribution in [0.2, 0.25) is 0 Å². The molecule has 2 aliphatic carbocycles. The van der Waals surface area contributed by atoms with Crippen molar-refractivity contribution in [2.75, 3.05) is 7.11 Å². The van der Waals surface area contributed by atoms with Crippen LogP contribution in [0.3, 0.4) is 0 Å². The van der Waals surface area contributed by atoms with Crippen molar-refractivity contribution in [1.82, 2.24) is 0 Å². The van der Waals surface area contributed by atoms with Gasteiger partial charge in [0.15, 0.2) is 17.9 Å². The van der Waals surface area contributed by atoms with Crippen molar-refractivity contribution in [3.05, 3.63) is 58.5 Å². The van der Waals surface area contributed by atoms with Crippen molar-refractivity contribution in [2.45, 2.75) is 62.4 Å². The highest BCUT2D eigenvalue weighted by molar-refractivity contribution is 6.31. The van der Waals surface area contributed by atoms with E-state index in [2.05, 4.69) is 0 Å². The Morgan fingerprint density at radius 2 is 1.84 bits per heavy atom. The lowest BCUT2D eigenvalue weighted by Gasteiger charge is -2.42. The molecule has 1 saturated heterocycles. The highest BCUT2D eigenvalue weighted by atomic mass is 16.7. The zero-order chi connectivity index (χ0) is 27.7. The van der Waals surface area contributed by atoms with Crippen LogP contribution in [0.15, 0.2) is 18.2 Å². The number of nitrogens with two attached hydrogens (primary N) is 1. The molecule has 6 N–H and O–H groups in total. The first kappa shape index (κ1) is 26.3. The number of carbonyl (C=O) groups is 3. The number of aromatic hydroxyl groups is 2. The van der Waals surface area contributed by atoms with Crippen LogP contribution in [0.25, 0.3) is 0 Å². The fraction of sp³-hybridized carbons (Fsp3) is 0.407. The largest absolute Gasteiger partial charge is 0.507 e. The molecule has 11 nitrogen and oxygen atoms in total. The number of ketones is 3. The number of phenolic OH excluding ortho intramolecular Hbond substituents is 2. The number of hydrogen-bond acceptors (Lipinski definition) is 11. The summed E-state index contributed by atoms with van der Waals surface area (Å²) < 4.78 is 17.0. The highest BCUT2D eigenvalue weighted by Crippen LogP contribution is 2.52. The minimum Gasteiger partial charge on any atom is -0.507 e. The average Bonchev–Trinajstić information content (AvgIpc) is 2.87. The lowest BCUT2D eigenvalue weighted by atomic mass is 9.72. The number of fused-ring (bicyclic) bond motifs is 3. The SMILES string of the molecule is [CH]C(=O)[C@]1(O)Cc2c(O)c3c(c(O)c2[C@@H](O[C@H]2C[C@H](N)[C@@H](O)C(C)O2)C1)C(=O)c1c(OC)cccc1C3=O. The number of Topliss-reactive ketones (excluding diaryl/α,β-unsaturated/α-hetero) is 1. The number of hydrogen-bond donors (Lipinski definition) is 5. The fourth-order valence-electron chi connectivity index (χ4n) is 5.58. The topological polar surface area (TPSA) is 186 Å². The Morgan fingerprint density at radius 3 is 2.47 bits per heavy atom. The minimum absolute atomic E-state index is 0.0337. The Bertz CT molecular complexity index is 1360. The van der Waals surface area contributed by atoms with Gasteiger partial charge in [0.2, 0.25) is 5.78 Å². The predicted molar refractivity (Wildman–Crippen MR) is 129 cm³/mol. The van der Waals surface area contributed by atoms with Gasteiger partial charge in [0.25, 0.3) is 0 Å². The number of benzene rings is 2. The summed E-state index contributed by atoms with van der Waals surface area (Å²) in [6.07, 6.45) is -4.98. The van der Waals surface area contributed by atoms with Gasteiger partial charge in [0.1, 0.15) is 22.8 Å². The summed E-state index contributed by atoms with van der Waals surface area (Å²) in [7, 11) is 1.33. The second-order valence-corrected chi connectivity index (χ2v) is 9.94. The third kappa shape index (κ3) is 3.81. The van der Waals surface area contributed by atoms with E-state index >= 15 is 0 Å². The molecule has 5 rings (SSSR count). The van der Waals surface area contributed by atoms with Gasteiger partial charge in [-0.15, -0.1) is 0 Å². The summed E-state index contributed by atoms with van der Waals surface area (Å²) in [5.41, 5.74) is 2.48. The predicted octanol–water partition coefficient (Wildman–Crippen LogP) is 0.720. The van der Waals surface area contributed by atoms with E-state index in [0.29, 0.717) is 0 Å². The Kier molecular flexibility index (Phi) is 6.32. The van der Waals surface area contributed by atoms with Crippen LogP contribution in [-0.2, 0) is 20.7 Å². The number of rotatable bonds is 4. The highest BCUT2D eigenvalue weighted by Gasteiger charge is 2.49. The van der Waals surface area contributed by atoms with Gasteiger partial charge in [-0.2, -0.15) is 0 Å². The second kappa shape index (κ2) is 9.14. The molecule has 200 valence electrons. The first-order chi connectivity index (χ1) is 17.9. The molecule has 38 heavy (non-hydrogen) atoms. The Morgan fingerprint density at radius 1 is 1.16 bits per heavy atom. The van der Waals surface area contributed by atoms with Crippen LogP contribution in [-0.4, -0.2) is 75.0 Å². The fourth-order valence-corrected chi connectivity index (χ4v) is 5.58. The molecule has 3 aliphatic rings. The number of methoxy groups -OCH3 is 1. The molecule has 0 amide bonds. The van der Waals surface area contributed by atoms with Crippen LogP contribution in [0, 0.1) is 6.92 Å². The first-order valence-corrected chi connectivity index (χ1v) is 12.0. The molecule has 6 atom stereocenters. The molecule has 1 unspecified atom stereocenters. The maximum Gasteiger partial charge on any atom is 0.202 e. The maximum absolute atomic E-state index is 13.6. The third-order valence-electron chi connectivity index (χ3n) is 7.60. The van der Waals surface area contributed by atoms with E-state index < -0.39 is 89.1 Å². The van der Waals surface area contributed by atoms with Crippen LogP contribution in [0.1, 0.15) is 68.8 Å². The molecule has 2 aromatic rings. The van der Waals surface area contributed by atoms with Gasteiger partial charge in [-0.05, 0) is 13.0 Å². The molecule has 0 aromatic heterocycles. The smallest absolute Gasteiger partial charge is 0.202 e. The van der Waals surface area contributed by atoms with Crippen molar-refractivity contribution < 1.29 is 49.0 Å². The van der Waals surface area contributed by atoms with Crippen LogP contribution < -0.4 is 10.5 Å². The number of carbonyl (C=O) groups excluding carboxylic acids is 3. The number of aliphatic hydroxyl groups is 2. The van der Waals surface area contributed by atoms with Crippen molar-refractivity contribution in [3.8, 4) is 17.2 Å². The molecule has 0 spiro atoms. The summed E-state index contributed by atoms with van der Waals surface area (Å²) >= 11 is 0. The van der Waals surface area contributed by atoms with Gasteiger partial charge in [-0.3, -0.25) is 14.4 Å². The summed E-state index contributed by atoms with van der Waals surface area (Å²) in [6.45, 7) is 7.07. The number of aliphatic hydroxyl groups excluding tert-OH is 1. The van der Waals surface area contributed by atoms with Gasteiger partial charge in [-0.1, -0.05) is 12.1 Å². The normalized spacial score (nSPS) is 30.3. The van der Waals surface area contributed by atoms with E-state index in [9.17, 15) is 34.8 Å². The van der Waals surface area contributed by atoms with Crippen LogP contribution in [0.5, 0.6) is 17.2 Å². The zero-order valence-electron chi connectivity index (χ0n) is 20.6. The molecule has 0 bridgehead atoms. The van der Waals surface area contributed by atoms with Gasteiger partial charge in [0.05, 0.1) is 42.1 Å². The van der Waals surface area contributed by atoms with Gasteiger partial charge in [-0.25, -0.2) is 0 Å². The molecule has 1 aliphatic heterocycles. The van der Waals surface area contributed by atoms with E-state index in [-0.39, 0.29) is 34.4 Å². The minimum atomic E-state index is -2.22. The number of ether oxygens (including phenoxy) is 3. The van der Waals surface area contributed by atoms with Gasteiger partial charge < -0.3 is 40.4 Å². The van der Waals surface area contributed by atoms with E-state index in [1.54, 1.807) is 6.92 Å². The standard InChI is InChI=1S/C27H27NO10/c1-10-22(30)14(28)7-17(37-10)38-16-9-27(35,11(2)29)8-13-19(16)26(34)21-20(24(13)32)23(31)12-5-4-6-15(36-3)18(12)25(21)33/h2,4-6,10,14,16-17,22,30,32,34-35H,7-9,28H2,1,3H3/t10?,14-,16-,17-,22-,27-/m0/s1. The maximum atomic E-state index is 13.6. The summed E-state index contributed by atoms with van der Waals surface area (Å²) in [5, 5.41) is 43.9. The van der Waals surface area contributed by atoms with E-state index in [4.69, 9.17) is 26.9 Å². The van der Waals surface area contributed by atoms with Crippen LogP contribution >= 0.6 is 0 Å². The van der Waals surface area contributed by atoms with E-state index in [1.165, 1.54) is 25.3 Å². The molecular formula is C27H27NO10. The quantitative estimate of drug-likeness (QED) is 0.302. The Hall–Kier alpha value is -3.35. The molecule has 1 fully saturated rings. The van der Waals surface area contributed by atoms with Crippen molar-refractivity contribution in [3.63, 3.8) is 0 Å². The molecular weight excluding hydrogens is 498 g/mol. The van der Waals surface area contributed by atoms with E-state index in [0.717, 1.165) is 0 Å². The molecule has 0 saturated carbocycles. The number of phenols is 2. The zero-order valence-corrected chi connectivity index (χ0v) is 20.6. The summed E-state index contributed by atoms with van der Waals surface area (Å²) in [5.74, 6) is -3.85. The Labute approximate surface area is 217 Å². The van der Waals surface area contributed by atoms with Crippen molar-refractivity contribution in [2.24, 2.45) is 5.73 Å². The van der Waals surface area contributed by atoms with Gasteiger partial charge >= 0.3 is 0 Å². The Balaban J connectivity index is 1.68. The first-order valence-electron chi connectivity index (χ1n) is 12.0. The second-order valence-electron chi connectivity index (χ2n) is 9.94. The third-order valence-corrected chi connectivity index (χ3v) is 7.60. The lowest BCUT2D eigenvalue weighted by molar-refractivity contribution is -0.247. The van der Waals surface area contributed by atoms with Crippen LogP contribution in [0.4, 0.5) is 0 Å².